The molecular formula is C20H24O2. The summed E-state index contributed by atoms with van der Waals surface area (Å²) in [6.07, 6.45) is 10.8. The number of allylic oxidation sites excluding steroid dienone is 4. The van der Waals surface area contributed by atoms with Crippen LogP contribution < -0.4 is 0 Å². The van der Waals surface area contributed by atoms with Gasteiger partial charge in [-0.15, -0.1) is 0 Å². The summed E-state index contributed by atoms with van der Waals surface area (Å²) in [5.74, 6) is 1.76. The highest BCUT2D eigenvalue weighted by atomic mass is 16.2. The summed E-state index contributed by atoms with van der Waals surface area (Å²) in [7, 11) is 0. The maximum atomic E-state index is 13.8. The quantitative estimate of drug-likeness (QED) is 0.640. The first-order valence-corrected chi connectivity index (χ1v) is 8.70. The Bertz CT molecular complexity index is 590. The zero-order valence-electron chi connectivity index (χ0n) is 13.8. The predicted molar refractivity (Wildman–Crippen MR) is 83.9 cm³/mol. The van der Waals surface area contributed by atoms with Gasteiger partial charge in [0.1, 0.15) is 11.6 Å². The van der Waals surface area contributed by atoms with E-state index in [0.29, 0.717) is 11.6 Å². The molecule has 0 aromatic heterocycles. The van der Waals surface area contributed by atoms with E-state index < -0.39 is 21.7 Å². The molecule has 0 amide bonds. The fraction of sp³-hybridized carbons (Fsp3) is 0.700. The van der Waals surface area contributed by atoms with Crippen LogP contribution in [-0.2, 0) is 9.59 Å². The Morgan fingerprint density at radius 1 is 0.636 bits per heavy atom. The molecule has 22 heavy (non-hydrogen) atoms. The van der Waals surface area contributed by atoms with E-state index in [1.54, 1.807) is 0 Å². The average Bonchev–Trinajstić information content (AvgIpc) is 3.23. The van der Waals surface area contributed by atoms with E-state index in [-0.39, 0.29) is 23.7 Å². The topological polar surface area (TPSA) is 34.1 Å². The number of Topliss-reactive ketones (excluding diaryl/α,β-unsaturated/α-hetero) is 2. The van der Waals surface area contributed by atoms with E-state index in [4.69, 9.17) is 0 Å². The van der Waals surface area contributed by atoms with Gasteiger partial charge in [0.2, 0.25) is 0 Å². The molecule has 4 bridgehead atoms. The average molecular weight is 296 g/mol. The molecule has 116 valence electrons. The standard InChI is InChI=1S/C20H24O2/c1-17-11-5-6-12(9-11)18(17,2)16(22)20(4)14-8-7-13(10-14)19(20,3)15(17)21/h5-8,11-14H,9-10H2,1-4H3/t11-,12+,13-,14+,17-,18+,19+,20-. The lowest BCUT2D eigenvalue weighted by Gasteiger charge is -2.61. The van der Waals surface area contributed by atoms with Gasteiger partial charge in [-0.05, 0) is 36.5 Å². The van der Waals surface area contributed by atoms with Gasteiger partial charge in [0.15, 0.2) is 0 Å². The molecule has 0 aromatic carbocycles. The number of hydrogen-bond acceptors (Lipinski definition) is 2. The highest BCUT2D eigenvalue weighted by Crippen LogP contribution is 2.77. The lowest BCUT2D eigenvalue weighted by molar-refractivity contribution is -0.184. The van der Waals surface area contributed by atoms with Crippen LogP contribution in [0.1, 0.15) is 40.5 Å². The zero-order valence-corrected chi connectivity index (χ0v) is 13.8. The summed E-state index contributed by atoms with van der Waals surface area (Å²) in [6.45, 7) is 8.40. The van der Waals surface area contributed by atoms with Gasteiger partial charge >= 0.3 is 0 Å². The second-order valence-corrected chi connectivity index (χ2v) is 9.13. The van der Waals surface area contributed by atoms with Gasteiger partial charge in [-0.3, -0.25) is 9.59 Å². The van der Waals surface area contributed by atoms with Crippen LogP contribution in [0.15, 0.2) is 24.3 Å². The van der Waals surface area contributed by atoms with E-state index in [0.717, 1.165) is 12.8 Å². The molecule has 3 saturated carbocycles. The highest BCUT2D eigenvalue weighted by Gasteiger charge is 2.82. The highest BCUT2D eigenvalue weighted by molar-refractivity contribution is 6.10. The molecule has 5 rings (SSSR count). The van der Waals surface area contributed by atoms with Crippen LogP contribution in [0, 0.1) is 45.3 Å². The Morgan fingerprint density at radius 2 is 0.864 bits per heavy atom. The number of carbonyl (C=O) groups is 2. The van der Waals surface area contributed by atoms with E-state index in [2.05, 4.69) is 52.0 Å². The third-order valence-corrected chi connectivity index (χ3v) is 9.18. The summed E-state index contributed by atoms with van der Waals surface area (Å²) in [5, 5.41) is 0. The van der Waals surface area contributed by atoms with Gasteiger partial charge in [-0.2, -0.15) is 0 Å². The van der Waals surface area contributed by atoms with Gasteiger partial charge in [0.25, 0.3) is 0 Å². The molecule has 5 aliphatic carbocycles. The van der Waals surface area contributed by atoms with Crippen molar-refractivity contribution in [2.24, 2.45) is 45.3 Å². The van der Waals surface area contributed by atoms with Crippen molar-refractivity contribution in [1.82, 2.24) is 0 Å². The minimum Gasteiger partial charge on any atom is -0.298 e. The van der Waals surface area contributed by atoms with Crippen molar-refractivity contribution in [2.75, 3.05) is 0 Å². The SMILES string of the molecule is C[C@@]12C(=O)[C@]3(C)[C@H]4C=C[C@H](C4)[C@]3(C)C(=O)[C@]1(C)[C@@H]1C=C[C@H]2C1. The van der Waals surface area contributed by atoms with Crippen LogP contribution in [0.4, 0.5) is 0 Å². The number of hydrogen-bond donors (Lipinski definition) is 0. The first-order valence-electron chi connectivity index (χ1n) is 8.70. The molecule has 0 aromatic rings. The van der Waals surface area contributed by atoms with Gasteiger partial charge in [0.05, 0.1) is 0 Å². The fourth-order valence-electron chi connectivity index (χ4n) is 7.35. The van der Waals surface area contributed by atoms with Crippen molar-refractivity contribution >= 4 is 11.6 Å². The molecule has 3 fully saturated rings. The Labute approximate surface area is 132 Å². The molecule has 0 spiro atoms. The van der Waals surface area contributed by atoms with Crippen molar-refractivity contribution in [1.29, 1.82) is 0 Å². The molecule has 0 heterocycles. The first kappa shape index (κ1) is 13.3. The number of carbonyl (C=O) groups excluding carboxylic acids is 2. The smallest absolute Gasteiger partial charge is 0.147 e. The minimum atomic E-state index is -0.504. The van der Waals surface area contributed by atoms with Gasteiger partial charge in [0, 0.05) is 21.7 Å². The van der Waals surface area contributed by atoms with Crippen molar-refractivity contribution in [2.45, 2.75) is 40.5 Å². The number of rotatable bonds is 0. The Hall–Kier alpha value is -1.18. The van der Waals surface area contributed by atoms with Crippen LogP contribution in [0.5, 0.6) is 0 Å². The maximum absolute atomic E-state index is 13.8. The molecule has 0 aliphatic heterocycles. The molecule has 0 saturated heterocycles. The minimum absolute atomic E-state index is 0.253. The molecule has 0 unspecified atom stereocenters. The lowest BCUT2D eigenvalue weighted by atomic mass is 9.38. The zero-order chi connectivity index (χ0) is 15.7. The summed E-state index contributed by atoms with van der Waals surface area (Å²) in [5.41, 5.74) is -2.02. The normalized spacial score (nSPS) is 63.6. The number of fused-ring (bicyclic) bond motifs is 10. The second kappa shape index (κ2) is 3.20. The Kier molecular flexibility index (Phi) is 1.93. The van der Waals surface area contributed by atoms with Gasteiger partial charge in [-0.1, -0.05) is 52.0 Å². The van der Waals surface area contributed by atoms with Crippen molar-refractivity contribution < 1.29 is 9.59 Å². The number of ketones is 2. The molecule has 0 radical (unpaired) electrons. The third-order valence-electron chi connectivity index (χ3n) is 9.18. The predicted octanol–water partition coefficient (Wildman–Crippen LogP) is 3.58. The summed E-state index contributed by atoms with van der Waals surface area (Å²) in [4.78, 5) is 27.7. The first-order chi connectivity index (χ1) is 10.2. The van der Waals surface area contributed by atoms with Crippen LogP contribution in [0.2, 0.25) is 0 Å². The third kappa shape index (κ3) is 0.871. The van der Waals surface area contributed by atoms with Gasteiger partial charge in [-0.25, -0.2) is 0 Å². The van der Waals surface area contributed by atoms with E-state index in [9.17, 15) is 9.59 Å². The second-order valence-electron chi connectivity index (χ2n) is 9.13. The van der Waals surface area contributed by atoms with Crippen molar-refractivity contribution in [3.63, 3.8) is 0 Å². The molecule has 0 N–H and O–H groups in total. The molecule has 2 nitrogen and oxygen atoms in total. The van der Waals surface area contributed by atoms with Crippen molar-refractivity contribution in [3.8, 4) is 0 Å². The van der Waals surface area contributed by atoms with E-state index in [1.807, 2.05) is 0 Å². The molecule has 8 atom stereocenters. The van der Waals surface area contributed by atoms with Crippen LogP contribution in [0.25, 0.3) is 0 Å². The fourth-order valence-corrected chi connectivity index (χ4v) is 7.35. The Balaban J connectivity index is 1.84. The van der Waals surface area contributed by atoms with Crippen LogP contribution in [0.3, 0.4) is 0 Å². The Morgan fingerprint density at radius 3 is 1.09 bits per heavy atom. The molecular weight excluding hydrogens is 272 g/mol. The van der Waals surface area contributed by atoms with Crippen LogP contribution >= 0.6 is 0 Å². The molecule has 5 aliphatic rings. The summed E-state index contributed by atoms with van der Waals surface area (Å²) < 4.78 is 0. The monoisotopic (exact) mass is 296 g/mol. The summed E-state index contributed by atoms with van der Waals surface area (Å²) >= 11 is 0. The summed E-state index contributed by atoms with van der Waals surface area (Å²) in [6, 6.07) is 0. The largest absolute Gasteiger partial charge is 0.298 e. The van der Waals surface area contributed by atoms with Crippen molar-refractivity contribution in [3.05, 3.63) is 24.3 Å². The van der Waals surface area contributed by atoms with Gasteiger partial charge < -0.3 is 0 Å². The van der Waals surface area contributed by atoms with E-state index >= 15 is 0 Å². The molecule has 2 heteroatoms. The maximum Gasteiger partial charge on any atom is 0.147 e. The van der Waals surface area contributed by atoms with Crippen LogP contribution in [-0.4, -0.2) is 11.6 Å². The lowest BCUT2D eigenvalue weighted by Crippen LogP contribution is -2.70. The van der Waals surface area contributed by atoms with E-state index in [1.165, 1.54) is 0 Å².